The van der Waals surface area contributed by atoms with Crippen LogP contribution in [-0.4, -0.2) is 68.5 Å². The van der Waals surface area contributed by atoms with Gasteiger partial charge in [-0.05, 0) is 73.4 Å². The normalized spacial score (nSPS) is 18.1. The molecule has 1 aliphatic carbocycles. The number of likely N-dealkylation sites (tertiary alicyclic amines) is 1. The average Bonchev–Trinajstić information content (AvgIpc) is 3.95. The number of H-pyrrole nitrogens is 2. The van der Waals surface area contributed by atoms with E-state index in [-0.39, 0.29) is 109 Å². The van der Waals surface area contributed by atoms with Crippen molar-refractivity contribution in [2.45, 2.75) is 90.8 Å². The number of imidazole rings is 2. The van der Waals surface area contributed by atoms with Crippen LogP contribution in [0.25, 0.3) is 22.3 Å². The van der Waals surface area contributed by atoms with Crippen LogP contribution < -0.4 is 10.6 Å². The Labute approximate surface area is 365 Å². The number of hydrogen-bond acceptors (Lipinski definition) is 6. The number of nitrogens with zero attached hydrogens (tertiary/aromatic N) is 3. The predicted octanol–water partition coefficient (Wildman–Crippen LogP) is 7.01. The monoisotopic (exact) mass is 861 g/mol. The maximum Gasteiger partial charge on any atom is 0.407 e. The maximum atomic E-state index is 13.2. The van der Waals surface area contributed by atoms with Crippen LogP contribution >= 0.6 is 67.5 Å². The maximum absolute atomic E-state index is 13.2. The molecule has 2 aliphatic rings. The fourth-order valence-electron chi connectivity index (χ4n) is 7.13. The molecule has 5 atom stereocenters. The Kier molecular flexibility index (Phi) is 20.4. The summed E-state index contributed by atoms with van der Waals surface area (Å²) in [6, 6.07) is 13.3. The van der Waals surface area contributed by atoms with Gasteiger partial charge in [0.2, 0.25) is 11.8 Å². The first kappa shape index (κ1) is 50.7. The van der Waals surface area contributed by atoms with Gasteiger partial charge in [-0.25, -0.2) is 14.8 Å². The Hall–Kier alpha value is -3.36. The summed E-state index contributed by atoms with van der Waals surface area (Å²) < 4.78 is 4.71. The lowest BCUT2D eigenvalue weighted by Gasteiger charge is -2.27. The van der Waals surface area contributed by atoms with E-state index in [4.69, 9.17) is 14.7 Å². The van der Waals surface area contributed by atoms with E-state index in [1.807, 2.05) is 74.3 Å². The molecule has 6 rings (SSSR count). The number of carbonyl (C=O) groups excluding carboxylic acids is 3. The molecule has 1 aliphatic heterocycles. The minimum Gasteiger partial charge on any atom is -0.453 e. The molecule has 1 saturated carbocycles. The minimum atomic E-state index is -0.682. The number of methoxy groups -OCH3 is 1. The second-order valence-electron chi connectivity index (χ2n) is 14.6. The lowest BCUT2D eigenvalue weighted by molar-refractivity contribution is -0.137. The number of amides is 3. The number of aromatic amines is 2. The van der Waals surface area contributed by atoms with Crippen molar-refractivity contribution in [1.29, 1.82) is 0 Å². The van der Waals surface area contributed by atoms with Crippen LogP contribution in [-0.2, 0) is 14.3 Å². The van der Waals surface area contributed by atoms with Gasteiger partial charge in [0, 0.05) is 35.5 Å². The van der Waals surface area contributed by atoms with Crippen molar-refractivity contribution in [3.05, 3.63) is 71.4 Å². The average molecular weight is 862 g/mol. The van der Waals surface area contributed by atoms with Crippen LogP contribution in [0.3, 0.4) is 0 Å². The van der Waals surface area contributed by atoms with E-state index >= 15 is 0 Å². The topological polar surface area (TPSA) is 145 Å². The molecule has 16 heteroatoms. The van der Waals surface area contributed by atoms with Gasteiger partial charge in [0.05, 0.1) is 36.1 Å². The van der Waals surface area contributed by atoms with Crippen molar-refractivity contribution < 1.29 is 19.1 Å². The highest BCUT2D eigenvalue weighted by Crippen LogP contribution is 2.35. The zero-order chi connectivity index (χ0) is 36.2. The van der Waals surface area contributed by atoms with E-state index in [0.717, 1.165) is 83.7 Å². The van der Waals surface area contributed by atoms with E-state index < -0.39 is 12.1 Å². The van der Waals surface area contributed by atoms with E-state index in [0.29, 0.717) is 5.92 Å². The molecular formula is C40H59N7O4S5. The van der Waals surface area contributed by atoms with Gasteiger partial charge in [-0.3, -0.25) is 9.59 Å². The molecule has 0 bridgehead atoms. The summed E-state index contributed by atoms with van der Waals surface area (Å²) in [5.74, 6) is 8.48. The zero-order valence-corrected chi connectivity index (χ0v) is 37.9. The third kappa shape index (κ3) is 11.6. The van der Waals surface area contributed by atoms with Gasteiger partial charge in [0.25, 0.3) is 0 Å². The third-order valence-electron chi connectivity index (χ3n) is 10.5. The van der Waals surface area contributed by atoms with Crippen molar-refractivity contribution in [1.82, 2.24) is 35.5 Å². The highest BCUT2D eigenvalue weighted by atomic mass is 32.1. The van der Waals surface area contributed by atoms with E-state index in [1.165, 1.54) is 7.11 Å². The molecule has 3 heterocycles. The smallest absolute Gasteiger partial charge is 0.407 e. The number of fused-ring (bicyclic) bond motifs is 1. The molecule has 2 aromatic heterocycles. The molecule has 2 fully saturated rings. The molecule has 1 saturated heterocycles. The van der Waals surface area contributed by atoms with Crippen LogP contribution in [0.2, 0.25) is 0 Å². The van der Waals surface area contributed by atoms with Crippen LogP contribution in [0.4, 0.5) is 4.79 Å². The highest BCUT2D eigenvalue weighted by molar-refractivity contribution is 7.60. The number of hydrogen-bond donors (Lipinski definition) is 4. The molecule has 2 aromatic carbocycles. The molecular weight excluding hydrogens is 803 g/mol. The Morgan fingerprint density at radius 3 is 2.18 bits per heavy atom. The number of nitrogens with one attached hydrogen (secondary N) is 4. The largest absolute Gasteiger partial charge is 0.453 e. The number of benzene rings is 2. The number of aromatic nitrogens is 4. The molecule has 0 spiro atoms. The first-order valence-electron chi connectivity index (χ1n) is 18.1. The third-order valence-corrected chi connectivity index (χ3v) is 10.5. The lowest BCUT2D eigenvalue weighted by Crippen LogP contribution is -2.52. The van der Waals surface area contributed by atoms with Crippen molar-refractivity contribution in [3.63, 3.8) is 0 Å². The predicted molar refractivity (Wildman–Crippen MR) is 248 cm³/mol. The summed E-state index contributed by atoms with van der Waals surface area (Å²) in [5, 5.41) is 5.80. The van der Waals surface area contributed by atoms with Crippen LogP contribution in [0.5, 0.6) is 0 Å². The van der Waals surface area contributed by atoms with Crippen molar-refractivity contribution in [2.75, 3.05) is 13.7 Å². The molecule has 4 N–H and O–H groups in total. The molecule has 4 aromatic rings. The summed E-state index contributed by atoms with van der Waals surface area (Å²) in [6.45, 7) is 10.8. The first-order valence-corrected chi connectivity index (χ1v) is 18.1. The summed E-state index contributed by atoms with van der Waals surface area (Å²) in [7, 11) is 1.29. The van der Waals surface area contributed by atoms with E-state index in [2.05, 4.69) is 46.3 Å². The fraction of sp³-hybridized carbons (Fsp3) is 0.475. The number of alkyl carbamates (subject to hydrolysis) is 1. The quantitative estimate of drug-likeness (QED) is 0.134. The summed E-state index contributed by atoms with van der Waals surface area (Å²) in [5.41, 5.74) is 5.45. The Morgan fingerprint density at radius 1 is 0.839 bits per heavy atom. The standard InChI is InChI=1S/C40H49N7O4.5H2S/c1-23(2)25(5)39(49)47-20-8-11-34(47)37-42-31-19-16-27(21-32(31)43-37)13-12-26-14-17-28(18-15-26)33-22-41-36(44-33)29-9-7-10-30(29)45-38(48)35(24(3)4)46-40(50)51-6;;;;;/h14-19,21-25,29-30,34-35H,7-11,20H2,1-6H3,(H,41,44)(H,42,43)(H,45,48)(H,46,50);5*1H2/t25-,29-,30-,34-,35-;;;;;/m0...../s1. The van der Waals surface area contributed by atoms with Gasteiger partial charge in [0.1, 0.15) is 17.7 Å². The number of ether oxygens (including phenoxy) is 1. The Balaban J connectivity index is 0.00000314. The molecule has 3 amide bonds. The van der Waals surface area contributed by atoms with Gasteiger partial charge in [-0.15, -0.1) is 0 Å². The van der Waals surface area contributed by atoms with Gasteiger partial charge in [0.15, 0.2) is 0 Å². The van der Waals surface area contributed by atoms with Gasteiger partial charge >= 0.3 is 6.09 Å². The summed E-state index contributed by atoms with van der Waals surface area (Å²) in [6.07, 6.45) is 5.83. The Bertz CT molecular complexity index is 1960. The molecule has 56 heavy (non-hydrogen) atoms. The number of carbonyl (C=O) groups is 3. The first-order chi connectivity index (χ1) is 24.5. The van der Waals surface area contributed by atoms with Gasteiger partial charge < -0.3 is 30.2 Å². The Morgan fingerprint density at radius 2 is 1.52 bits per heavy atom. The van der Waals surface area contributed by atoms with Crippen LogP contribution in [0, 0.1) is 29.6 Å². The van der Waals surface area contributed by atoms with Gasteiger partial charge in [-0.2, -0.15) is 67.5 Å². The summed E-state index contributed by atoms with van der Waals surface area (Å²) >= 11 is 0. The minimum absolute atomic E-state index is 0. The molecule has 11 nitrogen and oxygen atoms in total. The SMILES string of the molecule is COC(=O)N[C@H](C(=O)N[C@H]1CCC[C@@H]1c1ncc(-c2ccc(C#Cc3ccc4nc([C@@H]5CCCN5C(=O)[C@@H](C)C(C)C)[nH]c4c3)cc2)[nH]1)C(C)C.S.S.S.S.S. The molecule has 308 valence electrons. The second-order valence-corrected chi connectivity index (χ2v) is 14.6. The molecule has 0 unspecified atom stereocenters. The number of rotatable bonds is 9. The highest BCUT2D eigenvalue weighted by Gasteiger charge is 2.36. The van der Waals surface area contributed by atoms with Crippen LogP contribution in [0.1, 0.15) is 101 Å². The lowest BCUT2D eigenvalue weighted by atomic mass is 9.96. The summed E-state index contributed by atoms with van der Waals surface area (Å²) in [4.78, 5) is 56.6. The fourth-order valence-corrected chi connectivity index (χ4v) is 7.13. The molecule has 0 radical (unpaired) electrons. The zero-order valence-electron chi connectivity index (χ0n) is 32.9. The van der Waals surface area contributed by atoms with Gasteiger partial charge in [-0.1, -0.05) is 65.0 Å². The van der Waals surface area contributed by atoms with Crippen LogP contribution in [0.15, 0.2) is 48.7 Å². The van der Waals surface area contributed by atoms with E-state index in [1.54, 1.807) is 0 Å². The van der Waals surface area contributed by atoms with Crippen molar-refractivity contribution >= 4 is 96.4 Å². The van der Waals surface area contributed by atoms with E-state index in [9.17, 15) is 14.4 Å². The second kappa shape index (κ2) is 22.5. The van der Waals surface area contributed by atoms with Crippen molar-refractivity contribution in [3.8, 4) is 23.1 Å². The van der Waals surface area contributed by atoms with Crippen molar-refractivity contribution in [2.24, 2.45) is 17.8 Å².